The Hall–Kier alpha value is -3.16. The molecule has 3 aromatic rings. The summed E-state index contributed by atoms with van der Waals surface area (Å²) in [5.74, 6) is 0.446. The highest BCUT2D eigenvalue weighted by Gasteiger charge is 2.05. The van der Waals surface area contributed by atoms with Crippen LogP contribution in [-0.4, -0.2) is 17.0 Å². The molecule has 3 aromatic carbocycles. The third-order valence-corrected chi connectivity index (χ3v) is 5.25. The van der Waals surface area contributed by atoms with Gasteiger partial charge >= 0.3 is 0 Å². The fourth-order valence-corrected chi connectivity index (χ4v) is 3.34. The molecule has 0 aliphatic carbocycles. The van der Waals surface area contributed by atoms with Crippen molar-refractivity contribution >= 4 is 41.2 Å². The molecule has 0 radical (unpaired) electrons. The third kappa shape index (κ3) is 6.17. The third-order valence-electron chi connectivity index (χ3n) is 3.92. The van der Waals surface area contributed by atoms with Crippen LogP contribution in [0.4, 0.5) is 5.69 Å². The molecule has 1 N–H and O–H groups in total. The van der Waals surface area contributed by atoms with Crippen LogP contribution in [0.15, 0.2) is 82.8 Å². The van der Waals surface area contributed by atoms with Gasteiger partial charge in [-0.1, -0.05) is 23.7 Å². The van der Waals surface area contributed by atoms with Crippen molar-refractivity contribution in [2.45, 2.75) is 10.6 Å². The highest BCUT2D eigenvalue weighted by molar-refractivity contribution is 7.98. The summed E-state index contributed by atoms with van der Waals surface area (Å²) in [6.45, 7) is 0. The Balaban J connectivity index is 1.51. The summed E-state index contributed by atoms with van der Waals surface area (Å²) in [5, 5.41) is 15.2. The lowest BCUT2D eigenvalue weighted by atomic mass is 10.1. The maximum Gasteiger partial charge on any atom is 0.271 e. The number of amides is 1. The van der Waals surface area contributed by atoms with Gasteiger partial charge in [0.2, 0.25) is 0 Å². The summed E-state index contributed by atoms with van der Waals surface area (Å²) >= 11 is 7.57. The van der Waals surface area contributed by atoms with Crippen LogP contribution in [0.25, 0.3) is 0 Å². The van der Waals surface area contributed by atoms with Crippen LogP contribution in [-0.2, 0) is 5.75 Å². The quantitative estimate of drug-likeness (QED) is 0.241. The van der Waals surface area contributed by atoms with E-state index in [0.29, 0.717) is 16.1 Å². The van der Waals surface area contributed by atoms with Gasteiger partial charge < -0.3 is 0 Å². The van der Waals surface area contributed by atoms with Crippen LogP contribution in [0.1, 0.15) is 21.5 Å². The number of hydrazone groups is 1. The first-order valence-electron chi connectivity index (χ1n) is 8.56. The Morgan fingerprint density at radius 1 is 1.03 bits per heavy atom. The molecule has 0 aromatic heterocycles. The number of nitro groups is 1. The molecule has 0 fully saturated rings. The molecule has 0 aliphatic rings. The molecule has 6 nitrogen and oxygen atoms in total. The normalized spacial score (nSPS) is 10.8. The second-order valence-corrected chi connectivity index (χ2v) is 7.47. The smallest absolute Gasteiger partial charge is 0.267 e. The Bertz CT molecular complexity index is 1020. The first kappa shape index (κ1) is 20.6. The number of benzene rings is 3. The number of nitrogens with zero attached hydrogens (tertiary/aromatic N) is 2. The van der Waals surface area contributed by atoms with Crippen molar-refractivity contribution in [1.29, 1.82) is 0 Å². The molecule has 3 rings (SSSR count). The van der Waals surface area contributed by atoms with Crippen LogP contribution >= 0.6 is 23.4 Å². The SMILES string of the molecule is O=C(N/N=C/c1ccc([N+](=O)[O-])cc1)c1ccc(CSc2ccc(Cl)cc2)cc1. The summed E-state index contributed by atoms with van der Waals surface area (Å²) in [7, 11) is 0. The maximum absolute atomic E-state index is 12.2. The molecule has 146 valence electrons. The summed E-state index contributed by atoms with van der Waals surface area (Å²) < 4.78 is 0. The van der Waals surface area contributed by atoms with Crippen molar-refractivity contribution in [1.82, 2.24) is 5.43 Å². The van der Waals surface area contributed by atoms with Crippen molar-refractivity contribution in [3.05, 3.63) is 105 Å². The van der Waals surface area contributed by atoms with Gasteiger partial charge in [0.1, 0.15) is 0 Å². The molecule has 0 bridgehead atoms. The molecule has 29 heavy (non-hydrogen) atoms. The van der Waals surface area contributed by atoms with Gasteiger partial charge in [-0.2, -0.15) is 5.10 Å². The molecular weight excluding hydrogens is 410 g/mol. The molecule has 0 saturated carbocycles. The standard InChI is InChI=1S/C21H16ClN3O3S/c22-18-7-11-20(12-8-18)29-14-16-1-5-17(6-2-16)21(26)24-23-13-15-3-9-19(10-4-15)25(27)28/h1-13H,14H2,(H,24,26)/b23-13+. The number of rotatable bonds is 7. The van der Waals surface area contributed by atoms with Gasteiger partial charge in [0, 0.05) is 33.4 Å². The van der Waals surface area contributed by atoms with Crippen LogP contribution in [0.5, 0.6) is 0 Å². The topological polar surface area (TPSA) is 84.6 Å². The van der Waals surface area contributed by atoms with Gasteiger partial charge in [-0.3, -0.25) is 14.9 Å². The number of carbonyl (C=O) groups excluding carboxylic acids is 1. The summed E-state index contributed by atoms with van der Waals surface area (Å²) in [4.78, 5) is 23.4. The van der Waals surface area contributed by atoms with E-state index in [9.17, 15) is 14.9 Å². The number of thioether (sulfide) groups is 1. The van der Waals surface area contributed by atoms with Crippen molar-refractivity contribution in [3.8, 4) is 0 Å². The first-order chi connectivity index (χ1) is 14.0. The zero-order valence-electron chi connectivity index (χ0n) is 15.1. The molecule has 0 saturated heterocycles. The average Bonchev–Trinajstić information content (AvgIpc) is 2.74. The van der Waals surface area contributed by atoms with E-state index in [4.69, 9.17) is 11.6 Å². The van der Waals surface area contributed by atoms with Gasteiger partial charge in [-0.15, -0.1) is 11.8 Å². The van der Waals surface area contributed by atoms with E-state index in [1.165, 1.54) is 18.3 Å². The Morgan fingerprint density at radius 2 is 1.69 bits per heavy atom. The average molecular weight is 426 g/mol. The predicted octanol–water partition coefficient (Wildman–Crippen LogP) is 5.30. The molecule has 0 unspecified atom stereocenters. The lowest BCUT2D eigenvalue weighted by Crippen LogP contribution is -2.17. The molecular formula is C21H16ClN3O3S. The maximum atomic E-state index is 12.2. The van der Waals surface area contributed by atoms with Gasteiger partial charge in [-0.25, -0.2) is 5.43 Å². The highest BCUT2D eigenvalue weighted by Crippen LogP contribution is 2.24. The number of hydrogen-bond donors (Lipinski definition) is 1. The van der Waals surface area contributed by atoms with Crippen LogP contribution in [0, 0.1) is 10.1 Å². The zero-order valence-corrected chi connectivity index (χ0v) is 16.7. The van der Waals surface area contributed by atoms with E-state index in [2.05, 4.69) is 10.5 Å². The molecule has 8 heteroatoms. The van der Waals surface area contributed by atoms with E-state index in [1.807, 2.05) is 36.4 Å². The monoisotopic (exact) mass is 425 g/mol. The fourth-order valence-electron chi connectivity index (χ4n) is 2.36. The Labute approximate surface area is 176 Å². The highest BCUT2D eigenvalue weighted by atomic mass is 35.5. The molecule has 1 amide bonds. The number of halogens is 1. The Kier molecular flexibility index (Phi) is 6.99. The van der Waals surface area contributed by atoms with Crippen LogP contribution in [0.3, 0.4) is 0 Å². The van der Waals surface area contributed by atoms with Gasteiger partial charge in [-0.05, 0) is 59.7 Å². The second kappa shape index (κ2) is 9.86. The fraction of sp³-hybridized carbons (Fsp3) is 0.0476. The minimum atomic E-state index is -0.472. The zero-order chi connectivity index (χ0) is 20.6. The lowest BCUT2D eigenvalue weighted by molar-refractivity contribution is -0.384. The first-order valence-corrected chi connectivity index (χ1v) is 9.93. The van der Waals surface area contributed by atoms with Crippen molar-refractivity contribution in [2.75, 3.05) is 0 Å². The minimum Gasteiger partial charge on any atom is -0.267 e. The number of hydrogen-bond acceptors (Lipinski definition) is 5. The Morgan fingerprint density at radius 3 is 2.31 bits per heavy atom. The molecule has 0 spiro atoms. The van der Waals surface area contributed by atoms with Crippen molar-refractivity contribution < 1.29 is 9.72 Å². The lowest BCUT2D eigenvalue weighted by Gasteiger charge is -2.04. The van der Waals surface area contributed by atoms with E-state index in [0.717, 1.165) is 16.2 Å². The molecule has 0 atom stereocenters. The van der Waals surface area contributed by atoms with E-state index in [1.54, 1.807) is 36.0 Å². The molecule has 0 heterocycles. The van der Waals surface area contributed by atoms with E-state index in [-0.39, 0.29) is 11.6 Å². The van der Waals surface area contributed by atoms with Gasteiger partial charge in [0.25, 0.3) is 11.6 Å². The predicted molar refractivity (Wildman–Crippen MR) is 116 cm³/mol. The number of nitro benzene ring substituents is 1. The van der Waals surface area contributed by atoms with Crippen LogP contribution < -0.4 is 5.43 Å². The second-order valence-electron chi connectivity index (χ2n) is 5.99. The minimum absolute atomic E-state index is 0.000464. The van der Waals surface area contributed by atoms with Gasteiger partial charge in [0.15, 0.2) is 0 Å². The van der Waals surface area contributed by atoms with Crippen molar-refractivity contribution in [2.24, 2.45) is 5.10 Å². The summed E-state index contributed by atoms with van der Waals surface area (Å²) in [5.41, 5.74) is 4.68. The van der Waals surface area contributed by atoms with Gasteiger partial charge in [0.05, 0.1) is 11.1 Å². The summed E-state index contributed by atoms with van der Waals surface area (Å²) in [6.07, 6.45) is 1.43. The number of nitrogens with one attached hydrogen (secondary N) is 1. The molecule has 0 aliphatic heterocycles. The van der Waals surface area contributed by atoms with E-state index < -0.39 is 4.92 Å². The van der Waals surface area contributed by atoms with Crippen molar-refractivity contribution in [3.63, 3.8) is 0 Å². The summed E-state index contributed by atoms with van der Waals surface area (Å²) in [6, 6.07) is 20.8. The van der Waals surface area contributed by atoms with E-state index >= 15 is 0 Å². The number of carbonyl (C=O) groups is 1. The number of non-ortho nitro benzene ring substituents is 1. The largest absolute Gasteiger partial charge is 0.271 e. The van der Waals surface area contributed by atoms with Crippen LogP contribution in [0.2, 0.25) is 5.02 Å².